The van der Waals surface area contributed by atoms with Crippen LogP contribution in [-0.2, 0) is 17.6 Å². The normalized spacial score (nSPS) is 10.2. The SMILES string of the molecule is CCCc1ncc(CC(C)=O)s1. The maximum atomic E-state index is 10.8. The van der Waals surface area contributed by atoms with Gasteiger partial charge >= 0.3 is 0 Å². The molecule has 0 aliphatic rings. The summed E-state index contributed by atoms with van der Waals surface area (Å²) in [6.45, 7) is 3.74. The summed E-state index contributed by atoms with van der Waals surface area (Å²) in [5.74, 6) is 0.210. The molecule has 12 heavy (non-hydrogen) atoms. The third-order valence-corrected chi connectivity index (χ3v) is 2.55. The number of ketones is 1. The van der Waals surface area contributed by atoms with Gasteiger partial charge in [0.15, 0.2) is 0 Å². The highest BCUT2D eigenvalue weighted by molar-refractivity contribution is 7.11. The molecule has 1 aromatic heterocycles. The van der Waals surface area contributed by atoms with Gasteiger partial charge in [-0.15, -0.1) is 11.3 Å². The van der Waals surface area contributed by atoms with Gasteiger partial charge in [0.2, 0.25) is 0 Å². The molecule has 0 spiro atoms. The molecule has 0 radical (unpaired) electrons. The smallest absolute Gasteiger partial charge is 0.135 e. The summed E-state index contributed by atoms with van der Waals surface area (Å²) in [7, 11) is 0. The summed E-state index contributed by atoms with van der Waals surface area (Å²) in [4.78, 5) is 16.1. The van der Waals surface area contributed by atoms with Gasteiger partial charge in [-0.3, -0.25) is 4.79 Å². The van der Waals surface area contributed by atoms with Crippen molar-refractivity contribution >= 4 is 17.1 Å². The summed E-state index contributed by atoms with van der Waals surface area (Å²) >= 11 is 1.65. The second kappa shape index (κ2) is 4.36. The zero-order valence-electron chi connectivity index (χ0n) is 7.46. The lowest BCUT2D eigenvalue weighted by atomic mass is 10.3. The van der Waals surface area contributed by atoms with Crippen molar-refractivity contribution in [1.82, 2.24) is 4.98 Å². The van der Waals surface area contributed by atoms with Crippen molar-refractivity contribution in [2.24, 2.45) is 0 Å². The van der Waals surface area contributed by atoms with Crippen molar-refractivity contribution < 1.29 is 4.79 Å². The fourth-order valence-corrected chi connectivity index (χ4v) is 2.10. The minimum absolute atomic E-state index is 0.210. The molecule has 0 saturated heterocycles. The van der Waals surface area contributed by atoms with E-state index in [1.165, 1.54) is 0 Å². The number of thiazole rings is 1. The van der Waals surface area contributed by atoms with E-state index < -0.39 is 0 Å². The molecule has 1 aromatic rings. The average molecular weight is 183 g/mol. The van der Waals surface area contributed by atoms with Gasteiger partial charge in [-0.1, -0.05) is 6.92 Å². The van der Waals surface area contributed by atoms with E-state index in [1.54, 1.807) is 18.3 Å². The Morgan fingerprint density at radius 3 is 3.00 bits per heavy atom. The predicted octanol–water partition coefficient (Wildman–Crippen LogP) is 2.23. The van der Waals surface area contributed by atoms with Gasteiger partial charge < -0.3 is 0 Å². The molecule has 0 bridgehead atoms. The number of Topliss-reactive ketones (excluding diaryl/α,β-unsaturated/α-hetero) is 1. The van der Waals surface area contributed by atoms with Crippen LogP contribution >= 0.6 is 11.3 Å². The summed E-state index contributed by atoms with van der Waals surface area (Å²) in [5, 5.41) is 1.15. The molecule has 0 unspecified atom stereocenters. The van der Waals surface area contributed by atoms with Gasteiger partial charge in [-0.05, 0) is 19.8 Å². The van der Waals surface area contributed by atoms with Crippen LogP contribution < -0.4 is 0 Å². The number of nitrogens with zero attached hydrogens (tertiary/aromatic N) is 1. The van der Waals surface area contributed by atoms with Crippen molar-refractivity contribution in [1.29, 1.82) is 0 Å². The van der Waals surface area contributed by atoms with Crippen LogP contribution in [0.5, 0.6) is 0 Å². The van der Waals surface area contributed by atoms with Crippen LogP contribution in [0.3, 0.4) is 0 Å². The predicted molar refractivity (Wildman–Crippen MR) is 50.5 cm³/mol. The molecule has 1 rings (SSSR count). The van der Waals surface area contributed by atoms with Gasteiger partial charge in [-0.2, -0.15) is 0 Å². The van der Waals surface area contributed by atoms with E-state index in [1.807, 2.05) is 6.20 Å². The Balaban J connectivity index is 2.58. The van der Waals surface area contributed by atoms with E-state index in [-0.39, 0.29) is 5.78 Å². The molecular formula is C9H13NOS. The van der Waals surface area contributed by atoms with E-state index in [4.69, 9.17) is 0 Å². The molecule has 0 N–H and O–H groups in total. The van der Waals surface area contributed by atoms with E-state index in [2.05, 4.69) is 11.9 Å². The summed E-state index contributed by atoms with van der Waals surface area (Å²) < 4.78 is 0. The van der Waals surface area contributed by atoms with E-state index in [0.717, 1.165) is 22.7 Å². The number of hydrogen-bond donors (Lipinski definition) is 0. The summed E-state index contributed by atoms with van der Waals surface area (Å²) in [6, 6.07) is 0. The van der Waals surface area contributed by atoms with Crippen LogP contribution in [0.4, 0.5) is 0 Å². The molecule has 3 heteroatoms. The number of rotatable bonds is 4. The Morgan fingerprint density at radius 2 is 2.42 bits per heavy atom. The minimum Gasteiger partial charge on any atom is -0.300 e. The Labute approximate surface area is 76.6 Å². The minimum atomic E-state index is 0.210. The third-order valence-electron chi connectivity index (χ3n) is 1.49. The van der Waals surface area contributed by atoms with Crippen LogP contribution in [0.1, 0.15) is 30.2 Å². The van der Waals surface area contributed by atoms with Crippen LogP contribution in [0.2, 0.25) is 0 Å². The lowest BCUT2D eigenvalue weighted by molar-refractivity contribution is -0.116. The van der Waals surface area contributed by atoms with E-state index in [9.17, 15) is 4.79 Å². The first-order valence-electron chi connectivity index (χ1n) is 4.15. The quantitative estimate of drug-likeness (QED) is 0.716. The highest BCUT2D eigenvalue weighted by atomic mass is 32.1. The van der Waals surface area contributed by atoms with Crippen LogP contribution in [0.15, 0.2) is 6.20 Å². The van der Waals surface area contributed by atoms with Crippen molar-refractivity contribution in [2.45, 2.75) is 33.1 Å². The van der Waals surface area contributed by atoms with Crippen LogP contribution in [0.25, 0.3) is 0 Å². The molecular weight excluding hydrogens is 170 g/mol. The van der Waals surface area contributed by atoms with Gasteiger partial charge in [0, 0.05) is 17.5 Å². The third kappa shape index (κ3) is 2.74. The Morgan fingerprint density at radius 1 is 1.67 bits per heavy atom. The van der Waals surface area contributed by atoms with E-state index in [0.29, 0.717) is 6.42 Å². The maximum absolute atomic E-state index is 10.8. The average Bonchev–Trinajstić information content (AvgIpc) is 2.36. The standard InChI is InChI=1S/C9H13NOS/c1-3-4-9-10-6-8(12-9)5-7(2)11/h6H,3-5H2,1-2H3. The van der Waals surface area contributed by atoms with Crippen molar-refractivity contribution in [3.05, 3.63) is 16.1 Å². The first-order valence-corrected chi connectivity index (χ1v) is 4.97. The first kappa shape index (κ1) is 9.39. The fraction of sp³-hybridized carbons (Fsp3) is 0.556. The second-order valence-corrected chi connectivity index (χ2v) is 4.05. The first-order chi connectivity index (χ1) is 5.72. The number of carbonyl (C=O) groups is 1. The van der Waals surface area contributed by atoms with Gasteiger partial charge in [0.25, 0.3) is 0 Å². The highest BCUT2D eigenvalue weighted by Gasteiger charge is 2.02. The fourth-order valence-electron chi connectivity index (χ4n) is 1.00. The van der Waals surface area contributed by atoms with Gasteiger partial charge in [-0.25, -0.2) is 4.98 Å². The van der Waals surface area contributed by atoms with Gasteiger partial charge in [0.05, 0.1) is 5.01 Å². The Kier molecular flexibility index (Phi) is 3.41. The topological polar surface area (TPSA) is 30.0 Å². The monoisotopic (exact) mass is 183 g/mol. The molecule has 0 fully saturated rings. The summed E-state index contributed by atoms with van der Waals surface area (Å²) in [5.41, 5.74) is 0. The molecule has 1 heterocycles. The van der Waals surface area contributed by atoms with Gasteiger partial charge in [0.1, 0.15) is 5.78 Å². The largest absolute Gasteiger partial charge is 0.300 e. The number of aryl methyl sites for hydroxylation is 1. The maximum Gasteiger partial charge on any atom is 0.135 e. The molecule has 0 atom stereocenters. The molecule has 66 valence electrons. The van der Waals surface area contributed by atoms with E-state index >= 15 is 0 Å². The number of aromatic nitrogens is 1. The summed E-state index contributed by atoms with van der Waals surface area (Å²) in [6.07, 6.45) is 4.51. The van der Waals surface area contributed by atoms with Crippen molar-refractivity contribution in [2.75, 3.05) is 0 Å². The lowest BCUT2D eigenvalue weighted by Crippen LogP contribution is -1.92. The van der Waals surface area contributed by atoms with Crippen LogP contribution in [0, 0.1) is 0 Å². The molecule has 2 nitrogen and oxygen atoms in total. The zero-order chi connectivity index (χ0) is 8.97. The number of hydrogen-bond acceptors (Lipinski definition) is 3. The number of carbonyl (C=O) groups excluding carboxylic acids is 1. The Hall–Kier alpha value is -0.700. The molecule has 0 aliphatic carbocycles. The highest BCUT2D eigenvalue weighted by Crippen LogP contribution is 2.14. The molecule has 0 amide bonds. The van der Waals surface area contributed by atoms with Crippen molar-refractivity contribution in [3.8, 4) is 0 Å². The van der Waals surface area contributed by atoms with Crippen molar-refractivity contribution in [3.63, 3.8) is 0 Å². The zero-order valence-corrected chi connectivity index (χ0v) is 8.28. The molecule has 0 aliphatic heterocycles. The van der Waals surface area contributed by atoms with Crippen LogP contribution in [-0.4, -0.2) is 10.8 Å². The lowest BCUT2D eigenvalue weighted by Gasteiger charge is -1.88. The Bertz CT molecular complexity index is 267. The molecule has 0 saturated carbocycles. The second-order valence-electron chi connectivity index (χ2n) is 2.85. The molecule has 0 aromatic carbocycles.